The molecule has 2 rings (SSSR count). The quantitative estimate of drug-likeness (QED) is 0.688. The van der Waals surface area contributed by atoms with Crippen LogP contribution in [-0.4, -0.2) is 6.54 Å². The highest BCUT2D eigenvalue weighted by atomic mass is 35.5. The first-order valence-corrected chi connectivity index (χ1v) is 5.60. The van der Waals surface area contributed by atoms with E-state index in [1.807, 2.05) is 42.5 Å². The van der Waals surface area contributed by atoms with E-state index in [1.54, 1.807) is 0 Å². The van der Waals surface area contributed by atoms with Gasteiger partial charge in [0.25, 0.3) is 0 Å². The highest BCUT2D eigenvalue weighted by molar-refractivity contribution is 6.30. The largest absolute Gasteiger partial charge is 0.460 e. The molecule has 18 heavy (non-hydrogen) atoms. The molecule has 0 radical (unpaired) electrons. The third-order valence-electron chi connectivity index (χ3n) is 2.29. The lowest BCUT2D eigenvalue weighted by Crippen LogP contribution is -2.12. The highest BCUT2D eigenvalue weighted by Gasteiger charge is 2.04. The molecule has 0 aliphatic carbocycles. The molecule has 0 bridgehead atoms. The van der Waals surface area contributed by atoms with Crippen molar-refractivity contribution in [3.8, 4) is 17.4 Å². The third kappa shape index (κ3) is 3.78. The molecule has 2 aromatic rings. The Morgan fingerprint density at radius 1 is 1.17 bits per heavy atom. The van der Waals surface area contributed by atoms with Crippen LogP contribution in [-0.2, 0) is 6.54 Å². The van der Waals surface area contributed by atoms with Crippen molar-refractivity contribution in [2.75, 3.05) is 6.54 Å². The lowest BCUT2D eigenvalue weighted by atomic mass is 10.2. The second kappa shape index (κ2) is 7.07. The Balaban J connectivity index is 0.00000162. The average Bonchev–Trinajstić information content (AvgIpc) is 2.79. The molecule has 0 unspecified atom stereocenters. The molecule has 0 amide bonds. The number of nitriles is 1. The minimum atomic E-state index is 0. The zero-order chi connectivity index (χ0) is 12.1. The van der Waals surface area contributed by atoms with Crippen molar-refractivity contribution in [3.63, 3.8) is 0 Å². The lowest BCUT2D eigenvalue weighted by Gasteiger charge is -1.98. The number of furan rings is 1. The van der Waals surface area contributed by atoms with E-state index < -0.39 is 0 Å². The van der Waals surface area contributed by atoms with E-state index in [9.17, 15) is 0 Å². The predicted molar refractivity (Wildman–Crippen MR) is 73.7 cm³/mol. The number of benzene rings is 1. The van der Waals surface area contributed by atoms with Gasteiger partial charge in [-0.3, -0.25) is 5.32 Å². The normalized spacial score (nSPS) is 9.56. The number of hydrogen-bond donors (Lipinski definition) is 1. The Morgan fingerprint density at radius 3 is 2.56 bits per heavy atom. The Labute approximate surface area is 117 Å². The molecular formula is C13H12Cl2N2O. The SMILES string of the molecule is Cl.N#CCNCc1ccc(-c2ccc(Cl)cc2)o1. The van der Waals surface area contributed by atoms with Crippen LogP contribution >= 0.6 is 24.0 Å². The van der Waals surface area contributed by atoms with E-state index in [2.05, 4.69) is 5.32 Å². The molecule has 0 saturated carbocycles. The number of nitrogens with one attached hydrogen (secondary N) is 1. The van der Waals surface area contributed by atoms with Crippen molar-refractivity contribution in [2.24, 2.45) is 0 Å². The monoisotopic (exact) mass is 282 g/mol. The Bertz CT molecular complexity index is 529. The molecule has 0 aliphatic heterocycles. The minimum absolute atomic E-state index is 0. The molecule has 1 heterocycles. The van der Waals surface area contributed by atoms with Crippen LogP contribution in [0.1, 0.15) is 5.76 Å². The van der Waals surface area contributed by atoms with Crippen molar-refractivity contribution in [1.29, 1.82) is 5.26 Å². The van der Waals surface area contributed by atoms with Crippen molar-refractivity contribution in [2.45, 2.75) is 6.54 Å². The van der Waals surface area contributed by atoms with Crippen LogP contribution in [0.2, 0.25) is 5.02 Å². The van der Waals surface area contributed by atoms with Gasteiger partial charge in [-0.05, 0) is 36.4 Å². The summed E-state index contributed by atoms with van der Waals surface area (Å²) in [5.41, 5.74) is 0.987. The summed E-state index contributed by atoms with van der Waals surface area (Å²) in [4.78, 5) is 0. The molecule has 3 nitrogen and oxygen atoms in total. The van der Waals surface area contributed by atoms with Crippen molar-refractivity contribution >= 4 is 24.0 Å². The summed E-state index contributed by atoms with van der Waals surface area (Å²) >= 11 is 5.82. The average molecular weight is 283 g/mol. The second-order valence-electron chi connectivity index (χ2n) is 3.53. The summed E-state index contributed by atoms with van der Waals surface area (Å²) in [6.07, 6.45) is 0. The smallest absolute Gasteiger partial charge is 0.134 e. The van der Waals surface area contributed by atoms with Crippen LogP contribution in [0.3, 0.4) is 0 Å². The van der Waals surface area contributed by atoms with Gasteiger partial charge in [0, 0.05) is 10.6 Å². The van der Waals surface area contributed by atoms with E-state index in [-0.39, 0.29) is 12.4 Å². The van der Waals surface area contributed by atoms with E-state index in [0.717, 1.165) is 17.1 Å². The maximum Gasteiger partial charge on any atom is 0.134 e. The maximum atomic E-state index is 8.40. The van der Waals surface area contributed by atoms with E-state index in [1.165, 1.54) is 0 Å². The van der Waals surface area contributed by atoms with Gasteiger partial charge in [-0.1, -0.05) is 11.6 Å². The first kappa shape index (κ1) is 14.6. The fourth-order valence-corrected chi connectivity index (χ4v) is 1.61. The van der Waals surface area contributed by atoms with Crippen LogP contribution in [0.5, 0.6) is 0 Å². The van der Waals surface area contributed by atoms with Gasteiger partial charge in [-0.2, -0.15) is 5.26 Å². The summed E-state index contributed by atoms with van der Waals surface area (Å²) in [6, 6.07) is 13.3. The lowest BCUT2D eigenvalue weighted by molar-refractivity contribution is 0.502. The van der Waals surface area contributed by atoms with Crippen LogP contribution in [0.25, 0.3) is 11.3 Å². The molecule has 94 valence electrons. The van der Waals surface area contributed by atoms with Gasteiger partial charge in [-0.25, -0.2) is 0 Å². The predicted octanol–water partition coefficient (Wildman–Crippen LogP) is 3.63. The van der Waals surface area contributed by atoms with Gasteiger partial charge in [0.2, 0.25) is 0 Å². The molecule has 0 saturated heterocycles. The second-order valence-corrected chi connectivity index (χ2v) is 3.97. The molecule has 0 fully saturated rings. The molecule has 1 aromatic heterocycles. The summed E-state index contributed by atoms with van der Waals surface area (Å²) in [7, 11) is 0. The molecule has 0 spiro atoms. The highest BCUT2D eigenvalue weighted by Crippen LogP contribution is 2.23. The third-order valence-corrected chi connectivity index (χ3v) is 2.55. The standard InChI is InChI=1S/C13H11ClN2O.ClH/c14-11-3-1-10(2-4-11)13-6-5-12(17-13)9-16-8-7-15;/h1-6,16H,8-9H2;1H. The molecular weight excluding hydrogens is 271 g/mol. The number of halogens is 2. The van der Waals surface area contributed by atoms with E-state index in [0.29, 0.717) is 18.1 Å². The molecule has 1 N–H and O–H groups in total. The minimum Gasteiger partial charge on any atom is -0.460 e. The number of hydrogen-bond acceptors (Lipinski definition) is 3. The Morgan fingerprint density at radius 2 is 1.89 bits per heavy atom. The van der Waals surface area contributed by atoms with Crippen molar-refractivity contribution in [3.05, 3.63) is 47.2 Å². The Kier molecular flexibility index (Phi) is 5.73. The van der Waals surface area contributed by atoms with Crippen LogP contribution in [0, 0.1) is 11.3 Å². The van der Waals surface area contributed by atoms with Crippen molar-refractivity contribution < 1.29 is 4.42 Å². The molecule has 0 atom stereocenters. The van der Waals surface area contributed by atoms with Gasteiger partial charge in [0.1, 0.15) is 11.5 Å². The number of rotatable bonds is 4. The van der Waals surface area contributed by atoms with Gasteiger partial charge in [0.05, 0.1) is 19.2 Å². The fraction of sp³-hybridized carbons (Fsp3) is 0.154. The maximum absolute atomic E-state index is 8.40. The topological polar surface area (TPSA) is 49.0 Å². The summed E-state index contributed by atoms with van der Waals surface area (Å²) in [6.45, 7) is 0.873. The first-order valence-electron chi connectivity index (χ1n) is 5.22. The summed E-state index contributed by atoms with van der Waals surface area (Å²) < 4.78 is 5.64. The zero-order valence-electron chi connectivity index (χ0n) is 9.52. The van der Waals surface area contributed by atoms with E-state index >= 15 is 0 Å². The van der Waals surface area contributed by atoms with E-state index in [4.69, 9.17) is 21.3 Å². The van der Waals surface area contributed by atoms with Crippen LogP contribution < -0.4 is 5.32 Å². The van der Waals surface area contributed by atoms with Gasteiger partial charge in [0.15, 0.2) is 0 Å². The molecule has 5 heteroatoms. The van der Waals surface area contributed by atoms with Crippen molar-refractivity contribution in [1.82, 2.24) is 5.32 Å². The van der Waals surface area contributed by atoms with Crippen LogP contribution in [0.4, 0.5) is 0 Å². The molecule has 0 aliphatic rings. The van der Waals surface area contributed by atoms with Gasteiger partial charge >= 0.3 is 0 Å². The zero-order valence-corrected chi connectivity index (χ0v) is 11.1. The van der Waals surface area contributed by atoms with Gasteiger partial charge < -0.3 is 4.42 Å². The summed E-state index contributed by atoms with van der Waals surface area (Å²) in [5.74, 6) is 1.61. The first-order chi connectivity index (χ1) is 8.29. The number of nitrogens with zero attached hydrogens (tertiary/aromatic N) is 1. The molecule has 1 aromatic carbocycles. The van der Waals surface area contributed by atoms with Gasteiger partial charge in [-0.15, -0.1) is 12.4 Å². The summed E-state index contributed by atoms with van der Waals surface area (Å²) in [5, 5.41) is 12.1. The van der Waals surface area contributed by atoms with Crippen LogP contribution in [0.15, 0.2) is 40.8 Å². The Hall–Kier alpha value is -1.47. The fourth-order valence-electron chi connectivity index (χ4n) is 1.48.